The summed E-state index contributed by atoms with van der Waals surface area (Å²) in [5, 5.41) is 3.91. The Hall–Kier alpha value is -2.69. The molecule has 2 aromatic carbocycles. The van der Waals surface area contributed by atoms with Gasteiger partial charge in [0.2, 0.25) is 0 Å². The van der Waals surface area contributed by atoms with Crippen LogP contribution in [0.1, 0.15) is 17.0 Å². The van der Waals surface area contributed by atoms with Crippen LogP contribution in [-0.2, 0) is 6.42 Å². The molecular formula is C16H14FN3O. The monoisotopic (exact) mass is 283 g/mol. The second-order valence-corrected chi connectivity index (χ2v) is 4.86. The Morgan fingerprint density at radius 3 is 2.81 bits per heavy atom. The van der Waals surface area contributed by atoms with Gasteiger partial charge in [-0.05, 0) is 36.2 Å². The molecule has 3 aromatic rings. The number of nitrogens with zero attached hydrogens (tertiary/aromatic N) is 2. The highest BCUT2D eigenvalue weighted by Gasteiger charge is 2.13. The number of anilines is 1. The maximum atomic E-state index is 13.6. The average Bonchev–Trinajstić information content (AvgIpc) is 2.92. The van der Waals surface area contributed by atoms with Crippen LogP contribution in [0.25, 0.3) is 11.5 Å². The van der Waals surface area contributed by atoms with Gasteiger partial charge in [-0.2, -0.15) is 4.98 Å². The third-order valence-electron chi connectivity index (χ3n) is 3.27. The molecule has 0 bridgehead atoms. The Morgan fingerprint density at radius 2 is 2.00 bits per heavy atom. The second-order valence-electron chi connectivity index (χ2n) is 4.86. The van der Waals surface area contributed by atoms with Gasteiger partial charge in [-0.15, -0.1) is 0 Å². The van der Waals surface area contributed by atoms with E-state index in [0.717, 1.165) is 11.1 Å². The average molecular weight is 283 g/mol. The molecule has 0 fully saturated rings. The summed E-state index contributed by atoms with van der Waals surface area (Å²) in [6.45, 7) is 1.94. The Morgan fingerprint density at radius 1 is 1.19 bits per heavy atom. The topological polar surface area (TPSA) is 64.9 Å². The lowest BCUT2D eigenvalue weighted by atomic mass is 10.1. The predicted molar refractivity (Wildman–Crippen MR) is 78.1 cm³/mol. The normalized spacial score (nSPS) is 10.8. The van der Waals surface area contributed by atoms with Crippen molar-refractivity contribution in [2.45, 2.75) is 13.3 Å². The van der Waals surface area contributed by atoms with Gasteiger partial charge >= 0.3 is 0 Å². The van der Waals surface area contributed by atoms with E-state index < -0.39 is 0 Å². The number of nitrogens with two attached hydrogens (primary N) is 1. The third kappa shape index (κ3) is 2.76. The summed E-state index contributed by atoms with van der Waals surface area (Å²) in [5.74, 6) is 0.562. The van der Waals surface area contributed by atoms with Crippen LogP contribution in [0.4, 0.5) is 10.1 Å². The fourth-order valence-corrected chi connectivity index (χ4v) is 2.12. The largest absolute Gasteiger partial charge is 0.399 e. The molecule has 0 saturated heterocycles. The van der Waals surface area contributed by atoms with E-state index in [-0.39, 0.29) is 12.2 Å². The van der Waals surface area contributed by atoms with Crippen LogP contribution in [0, 0.1) is 12.7 Å². The van der Waals surface area contributed by atoms with Gasteiger partial charge in [-0.25, -0.2) is 4.39 Å². The molecular weight excluding hydrogens is 269 g/mol. The fraction of sp³-hybridized carbons (Fsp3) is 0.125. The molecule has 4 nitrogen and oxygen atoms in total. The second kappa shape index (κ2) is 5.36. The quantitative estimate of drug-likeness (QED) is 0.748. The van der Waals surface area contributed by atoms with Crippen molar-refractivity contribution in [3.8, 4) is 11.5 Å². The number of benzene rings is 2. The zero-order valence-electron chi connectivity index (χ0n) is 11.5. The Kier molecular flexibility index (Phi) is 3.39. The molecule has 0 saturated carbocycles. The van der Waals surface area contributed by atoms with Crippen molar-refractivity contribution >= 4 is 5.69 Å². The number of rotatable bonds is 3. The molecule has 0 atom stereocenters. The van der Waals surface area contributed by atoms with Crippen molar-refractivity contribution in [3.63, 3.8) is 0 Å². The zero-order chi connectivity index (χ0) is 14.8. The first kappa shape index (κ1) is 13.3. The third-order valence-corrected chi connectivity index (χ3v) is 3.27. The van der Waals surface area contributed by atoms with E-state index in [9.17, 15) is 4.39 Å². The van der Waals surface area contributed by atoms with Crippen LogP contribution in [0.3, 0.4) is 0 Å². The smallest absolute Gasteiger partial charge is 0.258 e. The number of halogens is 1. The molecule has 2 N–H and O–H groups in total. The molecule has 0 aliphatic heterocycles. The van der Waals surface area contributed by atoms with E-state index in [1.165, 1.54) is 6.07 Å². The minimum atomic E-state index is -0.274. The molecule has 21 heavy (non-hydrogen) atoms. The first-order chi connectivity index (χ1) is 10.1. The minimum absolute atomic E-state index is 0.274. The SMILES string of the molecule is Cc1ccc(N)cc1-c1nc(Cc2ccccc2F)no1. The zero-order valence-corrected chi connectivity index (χ0v) is 11.5. The molecule has 1 heterocycles. The highest BCUT2D eigenvalue weighted by Crippen LogP contribution is 2.24. The summed E-state index contributed by atoms with van der Waals surface area (Å²) < 4.78 is 18.9. The van der Waals surface area contributed by atoms with Crippen LogP contribution in [0.5, 0.6) is 0 Å². The van der Waals surface area contributed by atoms with E-state index in [0.29, 0.717) is 23.0 Å². The van der Waals surface area contributed by atoms with E-state index in [1.54, 1.807) is 24.3 Å². The Labute approximate surface area is 121 Å². The minimum Gasteiger partial charge on any atom is -0.399 e. The number of hydrogen-bond donors (Lipinski definition) is 1. The van der Waals surface area contributed by atoms with E-state index in [2.05, 4.69) is 10.1 Å². The van der Waals surface area contributed by atoms with E-state index >= 15 is 0 Å². The van der Waals surface area contributed by atoms with Gasteiger partial charge in [-0.1, -0.05) is 29.4 Å². The summed E-state index contributed by atoms with van der Waals surface area (Å²) in [5.41, 5.74) is 8.73. The highest BCUT2D eigenvalue weighted by atomic mass is 19.1. The first-order valence-electron chi connectivity index (χ1n) is 6.56. The maximum absolute atomic E-state index is 13.6. The van der Waals surface area contributed by atoms with Crippen molar-refractivity contribution in [1.29, 1.82) is 0 Å². The van der Waals surface area contributed by atoms with Gasteiger partial charge in [-0.3, -0.25) is 0 Å². The van der Waals surface area contributed by atoms with Crippen LogP contribution in [0.2, 0.25) is 0 Å². The van der Waals surface area contributed by atoms with E-state index in [4.69, 9.17) is 10.3 Å². The molecule has 0 radical (unpaired) electrons. The lowest BCUT2D eigenvalue weighted by Gasteiger charge is -2.01. The summed E-state index contributed by atoms with van der Waals surface area (Å²) >= 11 is 0. The molecule has 0 aliphatic carbocycles. The standard InChI is InChI=1S/C16H14FN3O/c1-10-6-7-12(18)9-13(10)16-19-15(20-21-16)8-11-4-2-3-5-14(11)17/h2-7,9H,8,18H2,1H3. The molecule has 0 amide bonds. The fourth-order valence-electron chi connectivity index (χ4n) is 2.12. The predicted octanol–water partition coefficient (Wildman–Crippen LogP) is 3.36. The highest BCUT2D eigenvalue weighted by molar-refractivity contribution is 5.63. The van der Waals surface area contributed by atoms with Crippen LogP contribution < -0.4 is 5.73 Å². The van der Waals surface area contributed by atoms with Gasteiger partial charge in [0.05, 0.1) is 0 Å². The lowest BCUT2D eigenvalue weighted by molar-refractivity contribution is 0.423. The van der Waals surface area contributed by atoms with Crippen molar-refractivity contribution < 1.29 is 8.91 Å². The van der Waals surface area contributed by atoms with Crippen molar-refractivity contribution in [2.24, 2.45) is 0 Å². The molecule has 3 rings (SSSR count). The summed E-state index contributed by atoms with van der Waals surface area (Å²) in [4.78, 5) is 4.32. The van der Waals surface area contributed by atoms with Crippen LogP contribution in [0.15, 0.2) is 47.0 Å². The molecule has 106 valence electrons. The molecule has 0 aliphatic rings. The number of aromatic nitrogens is 2. The van der Waals surface area contributed by atoms with Gasteiger partial charge < -0.3 is 10.3 Å². The van der Waals surface area contributed by atoms with Crippen LogP contribution in [-0.4, -0.2) is 10.1 Å². The Bertz CT molecular complexity index is 783. The Balaban J connectivity index is 1.90. The maximum Gasteiger partial charge on any atom is 0.258 e. The summed E-state index contributed by atoms with van der Waals surface area (Å²) in [6, 6.07) is 12.0. The number of nitrogen functional groups attached to an aromatic ring is 1. The van der Waals surface area contributed by atoms with Crippen molar-refractivity contribution in [3.05, 3.63) is 65.2 Å². The van der Waals surface area contributed by atoms with Gasteiger partial charge in [0.1, 0.15) is 5.82 Å². The van der Waals surface area contributed by atoms with Crippen molar-refractivity contribution in [1.82, 2.24) is 10.1 Å². The van der Waals surface area contributed by atoms with E-state index in [1.807, 2.05) is 19.1 Å². The summed E-state index contributed by atoms with van der Waals surface area (Å²) in [7, 11) is 0. The number of aryl methyl sites for hydroxylation is 1. The molecule has 0 unspecified atom stereocenters. The molecule has 5 heteroatoms. The molecule has 0 spiro atoms. The number of hydrogen-bond acceptors (Lipinski definition) is 4. The van der Waals surface area contributed by atoms with Gasteiger partial charge in [0, 0.05) is 17.7 Å². The summed E-state index contributed by atoms with van der Waals surface area (Å²) in [6.07, 6.45) is 0.289. The lowest BCUT2D eigenvalue weighted by Crippen LogP contribution is -1.94. The van der Waals surface area contributed by atoms with Gasteiger partial charge in [0.25, 0.3) is 5.89 Å². The van der Waals surface area contributed by atoms with Crippen molar-refractivity contribution in [2.75, 3.05) is 5.73 Å². The molecule has 1 aromatic heterocycles. The van der Waals surface area contributed by atoms with Crippen LogP contribution >= 0.6 is 0 Å². The van der Waals surface area contributed by atoms with Gasteiger partial charge in [0.15, 0.2) is 5.82 Å². The first-order valence-corrected chi connectivity index (χ1v) is 6.56.